The second-order valence-corrected chi connectivity index (χ2v) is 3.87. The number of hydrogen-bond donors (Lipinski definition) is 2. The van der Waals surface area contributed by atoms with E-state index in [2.05, 4.69) is 18.3 Å². The number of rotatable bonds is 8. The molecule has 0 aliphatic rings. The van der Waals surface area contributed by atoms with Gasteiger partial charge in [-0.25, -0.2) is 0 Å². The zero-order valence-corrected chi connectivity index (χ0v) is 10.1. The minimum Gasteiger partial charge on any atom is -0.328 e. The predicted molar refractivity (Wildman–Crippen MR) is 64.8 cm³/mol. The molecule has 88 valence electrons. The van der Waals surface area contributed by atoms with E-state index in [1.54, 1.807) is 0 Å². The molecule has 2 atom stereocenters. The maximum absolute atomic E-state index is 10.8. The molecule has 0 aliphatic heterocycles. The Morgan fingerprint density at radius 1 is 1.47 bits per heavy atom. The molecule has 3 heteroatoms. The minimum absolute atomic E-state index is 0.132. The monoisotopic (exact) mass is 212 g/mol. The van der Waals surface area contributed by atoms with Gasteiger partial charge < -0.3 is 15.8 Å². The second kappa shape index (κ2) is 8.62. The normalized spacial score (nSPS) is 16.1. The SMILES string of the molecule is CCN[C@H](C=O)/C(C)=C/CCC(N)CC. The van der Waals surface area contributed by atoms with E-state index in [4.69, 9.17) is 5.73 Å². The zero-order valence-electron chi connectivity index (χ0n) is 10.1. The van der Waals surface area contributed by atoms with Crippen molar-refractivity contribution < 1.29 is 4.79 Å². The smallest absolute Gasteiger partial charge is 0.141 e. The molecule has 0 spiro atoms. The number of carbonyl (C=O) groups is 1. The summed E-state index contributed by atoms with van der Waals surface area (Å²) in [6.07, 6.45) is 6.02. The summed E-state index contributed by atoms with van der Waals surface area (Å²) in [4.78, 5) is 10.8. The zero-order chi connectivity index (χ0) is 11.7. The van der Waals surface area contributed by atoms with Crippen LogP contribution in [-0.4, -0.2) is 24.9 Å². The molecule has 1 unspecified atom stereocenters. The lowest BCUT2D eigenvalue weighted by Gasteiger charge is -2.12. The van der Waals surface area contributed by atoms with Crippen LogP contribution >= 0.6 is 0 Å². The Balaban J connectivity index is 3.99. The molecule has 3 nitrogen and oxygen atoms in total. The van der Waals surface area contributed by atoms with Gasteiger partial charge in [0.2, 0.25) is 0 Å². The first kappa shape index (κ1) is 14.3. The maximum Gasteiger partial charge on any atom is 0.141 e. The van der Waals surface area contributed by atoms with Gasteiger partial charge in [0.25, 0.3) is 0 Å². The van der Waals surface area contributed by atoms with Gasteiger partial charge in [-0.1, -0.05) is 25.5 Å². The standard InChI is InChI=1S/C12H24N2O/c1-4-11(13)8-6-7-10(3)12(9-15)14-5-2/h7,9,11-12,14H,4-6,8,13H2,1-3H3/b10-7+/t11?,12-/m1/s1. The molecule has 0 heterocycles. The highest BCUT2D eigenvalue weighted by Crippen LogP contribution is 2.05. The van der Waals surface area contributed by atoms with E-state index >= 15 is 0 Å². The Morgan fingerprint density at radius 3 is 2.60 bits per heavy atom. The Morgan fingerprint density at radius 2 is 2.13 bits per heavy atom. The lowest BCUT2D eigenvalue weighted by molar-refractivity contribution is -0.108. The van der Waals surface area contributed by atoms with Crippen LogP contribution in [0.2, 0.25) is 0 Å². The predicted octanol–water partition coefficient (Wildman–Crippen LogP) is 1.63. The van der Waals surface area contributed by atoms with Crippen molar-refractivity contribution in [2.24, 2.45) is 5.73 Å². The van der Waals surface area contributed by atoms with Gasteiger partial charge in [0.1, 0.15) is 6.29 Å². The molecule has 3 N–H and O–H groups in total. The van der Waals surface area contributed by atoms with Gasteiger partial charge in [-0.2, -0.15) is 0 Å². The molecule has 15 heavy (non-hydrogen) atoms. The van der Waals surface area contributed by atoms with E-state index < -0.39 is 0 Å². The van der Waals surface area contributed by atoms with Gasteiger partial charge in [-0.05, 0) is 32.7 Å². The van der Waals surface area contributed by atoms with Crippen molar-refractivity contribution in [2.45, 2.75) is 52.1 Å². The third-order valence-corrected chi connectivity index (χ3v) is 2.58. The summed E-state index contributed by atoms with van der Waals surface area (Å²) in [6.45, 7) is 6.88. The summed E-state index contributed by atoms with van der Waals surface area (Å²) in [6, 6.07) is 0.149. The van der Waals surface area contributed by atoms with Gasteiger partial charge in [-0.3, -0.25) is 0 Å². The van der Waals surface area contributed by atoms with Crippen molar-refractivity contribution in [3.05, 3.63) is 11.6 Å². The third-order valence-electron chi connectivity index (χ3n) is 2.58. The van der Waals surface area contributed by atoms with Crippen LogP contribution in [0.15, 0.2) is 11.6 Å². The van der Waals surface area contributed by atoms with Crippen LogP contribution in [0.5, 0.6) is 0 Å². The summed E-state index contributed by atoms with van der Waals surface area (Å²) < 4.78 is 0. The number of carbonyl (C=O) groups excluding carboxylic acids is 1. The van der Waals surface area contributed by atoms with E-state index in [9.17, 15) is 4.79 Å². The molecule has 0 fully saturated rings. The van der Waals surface area contributed by atoms with Crippen LogP contribution in [0.4, 0.5) is 0 Å². The topological polar surface area (TPSA) is 55.1 Å². The van der Waals surface area contributed by atoms with Gasteiger partial charge in [0.05, 0.1) is 6.04 Å². The van der Waals surface area contributed by atoms with Crippen molar-refractivity contribution in [1.29, 1.82) is 0 Å². The number of likely N-dealkylation sites (N-methyl/N-ethyl adjacent to an activating group) is 1. The summed E-state index contributed by atoms with van der Waals surface area (Å²) in [5.74, 6) is 0. The van der Waals surface area contributed by atoms with Gasteiger partial charge in [0, 0.05) is 6.04 Å². The van der Waals surface area contributed by atoms with Crippen LogP contribution in [0.1, 0.15) is 40.0 Å². The van der Waals surface area contributed by atoms with E-state index in [1.807, 2.05) is 13.8 Å². The van der Waals surface area contributed by atoms with Gasteiger partial charge >= 0.3 is 0 Å². The highest BCUT2D eigenvalue weighted by Gasteiger charge is 2.06. The number of hydrogen-bond acceptors (Lipinski definition) is 3. The number of nitrogens with two attached hydrogens (primary N) is 1. The fraction of sp³-hybridized carbons (Fsp3) is 0.750. The van der Waals surface area contributed by atoms with E-state index in [-0.39, 0.29) is 12.1 Å². The second-order valence-electron chi connectivity index (χ2n) is 3.87. The highest BCUT2D eigenvalue weighted by atomic mass is 16.1. The van der Waals surface area contributed by atoms with E-state index in [0.717, 1.165) is 37.7 Å². The molecule has 0 rings (SSSR count). The fourth-order valence-electron chi connectivity index (χ4n) is 1.39. The average molecular weight is 212 g/mol. The number of allylic oxidation sites excluding steroid dienone is 1. The Bertz CT molecular complexity index is 202. The summed E-state index contributed by atoms with van der Waals surface area (Å²) in [5.41, 5.74) is 6.90. The molecule has 0 radical (unpaired) electrons. The lowest BCUT2D eigenvalue weighted by atomic mass is 10.1. The summed E-state index contributed by atoms with van der Waals surface area (Å²) >= 11 is 0. The fourth-order valence-corrected chi connectivity index (χ4v) is 1.39. The van der Waals surface area contributed by atoms with Crippen molar-refractivity contribution >= 4 is 6.29 Å². The molecule has 0 aromatic rings. The highest BCUT2D eigenvalue weighted by molar-refractivity contribution is 5.62. The van der Waals surface area contributed by atoms with Crippen molar-refractivity contribution in [3.63, 3.8) is 0 Å². The number of aldehydes is 1. The van der Waals surface area contributed by atoms with Crippen LogP contribution < -0.4 is 11.1 Å². The molecule has 0 bridgehead atoms. The maximum atomic E-state index is 10.8. The molecule has 0 aliphatic carbocycles. The summed E-state index contributed by atoms with van der Waals surface area (Å²) in [5, 5.41) is 3.12. The molecule has 0 saturated carbocycles. The van der Waals surface area contributed by atoms with Crippen LogP contribution in [0, 0.1) is 0 Å². The summed E-state index contributed by atoms with van der Waals surface area (Å²) in [7, 11) is 0. The third kappa shape index (κ3) is 6.42. The quantitative estimate of drug-likeness (QED) is 0.475. The van der Waals surface area contributed by atoms with Gasteiger partial charge in [-0.15, -0.1) is 0 Å². The van der Waals surface area contributed by atoms with Crippen molar-refractivity contribution in [1.82, 2.24) is 5.32 Å². The van der Waals surface area contributed by atoms with Crippen LogP contribution in [0.25, 0.3) is 0 Å². The molecule has 0 saturated heterocycles. The first-order valence-corrected chi connectivity index (χ1v) is 5.76. The minimum atomic E-state index is -0.132. The average Bonchev–Trinajstić information content (AvgIpc) is 2.25. The molecule has 0 amide bonds. The first-order chi connectivity index (χ1) is 7.15. The molecule has 0 aromatic carbocycles. The number of nitrogens with one attached hydrogen (secondary N) is 1. The van der Waals surface area contributed by atoms with Crippen LogP contribution in [-0.2, 0) is 4.79 Å². The van der Waals surface area contributed by atoms with Crippen molar-refractivity contribution in [2.75, 3.05) is 6.54 Å². The molecular weight excluding hydrogens is 188 g/mol. The Kier molecular flexibility index (Phi) is 8.24. The van der Waals surface area contributed by atoms with Crippen molar-refractivity contribution in [3.8, 4) is 0 Å². The largest absolute Gasteiger partial charge is 0.328 e. The van der Waals surface area contributed by atoms with E-state index in [1.165, 1.54) is 0 Å². The lowest BCUT2D eigenvalue weighted by Crippen LogP contribution is -2.31. The Labute approximate surface area is 93.1 Å². The Hall–Kier alpha value is -0.670. The van der Waals surface area contributed by atoms with E-state index in [0.29, 0.717) is 0 Å². The van der Waals surface area contributed by atoms with Gasteiger partial charge in [0.15, 0.2) is 0 Å². The molecule has 0 aromatic heterocycles. The first-order valence-electron chi connectivity index (χ1n) is 5.76. The molecular formula is C12H24N2O. The van der Waals surface area contributed by atoms with Crippen LogP contribution in [0.3, 0.4) is 0 Å².